The number of aromatic amines is 1. The van der Waals surface area contributed by atoms with E-state index in [9.17, 15) is 18.4 Å². The van der Waals surface area contributed by atoms with Crippen molar-refractivity contribution >= 4 is 21.7 Å². The van der Waals surface area contributed by atoms with Gasteiger partial charge < -0.3 is 4.98 Å². The zero-order valence-electron chi connectivity index (χ0n) is 13.1. The summed E-state index contributed by atoms with van der Waals surface area (Å²) in [5, 5.41) is 0. The fourth-order valence-electron chi connectivity index (χ4n) is 2.65. The Balaban J connectivity index is 1.86. The van der Waals surface area contributed by atoms with Gasteiger partial charge in [0.05, 0.1) is 17.8 Å². The summed E-state index contributed by atoms with van der Waals surface area (Å²) in [6, 6.07) is 8.10. The number of fused-ring (bicyclic) bond motifs is 1. The van der Waals surface area contributed by atoms with Gasteiger partial charge in [0.25, 0.3) is 5.56 Å². The van der Waals surface area contributed by atoms with E-state index in [0.29, 0.717) is 16.9 Å². The summed E-state index contributed by atoms with van der Waals surface area (Å²) in [5.74, 6) is -1.55. The van der Waals surface area contributed by atoms with E-state index in [1.165, 1.54) is 0 Å². The molecule has 0 aliphatic carbocycles. The maximum Gasteiger partial charge on any atom is 0.329 e. The van der Waals surface area contributed by atoms with Crippen LogP contribution in [0.15, 0.2) is 52.2 Å². The number of pyridine rings is 1. The zero-order valence-corrected chi connectivity index (χ0v) is 13.9. The molecule has 9 heteroatoms. The largest absolute Gasteiger partial charge is 0.329 e. The second kappa shape index (κ2) is 6.26. The molecule has 0 spiro atoms. The molecule has 0 amide bonds. The van der Waals surface area contributed by atoms with Crippen LogP contribution < -0.4 is 11.2 Å². The van der Waals surface area contributed by atoms with Gasteiger partial charge in [0.2, 0.25) is 0 Å². The van der Waals surface area contributed by atoms with Gasteiger partial charge in [0, 0.05) is 12.3 Å². The van der Waals surface area contributed by atoms with Gasteiger partial charge in [0.15, 0.2) is 0 Å². The number of nitrogens with zero attached hydrogens (tertiary/aromatic N) is 3. The minimum absolute atomic E-state index is 0.170. The highest BCUT2D eigenvalue weighted by molar-refractivity contribution is 7.13. The van der Waals surface area contributed by atoms with Crippen LogP contribution in [0.1, 0.15) is 5.56 Å². The third-order valence-corrected chi connectivity index (χ3v) is 4.61. The summed E-state index contributed by atoms with van der Waals surface area (Å²) in [4.78, 5) is 31.9. The number of hydrogen-bond acceptors (Lipinski definition) is 5. The second-order valence-electron chi connectivity index (χ2n) is 5.55. The van der Waals surface area contributed by atoms with E-state index in [1.54, 1.807) is 24.4 Å². The lowest BCUT2D eigenvalue weighted by Gasteiger charge is -2.06. The monoisotopic (exact) mass is 372 g/mol. The summed E-state index contributed by atoms with van der Waals surface area (Å²) in [7, 11) is 0. The number of aromatic nitrogens is 4. The maximum atomic E-state index is 13.3. The lowest BCUT2D eigenvalue weighted by atomic mass is 10.2. The topological polar surface area (TPSA) is 80.6 Å². The second-order valence-corrected chi connectivity index (χ2v) is 6.32. The fourth-order valence-corrected chi connectivity index (χ4v) is 3.44. The van der Waals surface area contributed by atoms with Gasteiger partial charge >= 0.3 is 5.69 Å². The lowest BCUT2D eigenvalue weighted by Crippen LogP contribution is -2.35. The third-order valence-electron chi connectivity index (χ3n) is 3.78. The van der Waals surface area contributed by atoms with Crippen molar-refractivity contribution in [2.45, 2.75) is 6.54 Å². The minimum atomic E-state index is -0.777. The summed E-state index contributed by atoms with van der Waals surface area (Å²) >= 11 is 0.934. The molecule has 0 unspecified atom stereocenters. The Morgan fingerprint density at radius 3 is 2.58 bits per heavy atom. The molecule has 4 aromatic rings. The first-order chi connectivity index (χ1) is 12.5. The number of benzene rings is 1. The van der Waals surface area contributed by atoms with Gasteiger partial charge in [0.1, 0.15) is 22.0 Å². The van der Waals surface area contributed by atoms with Crippen molar-refractivity contribution in [1.82, 2.24) is 18.9 Å². The van der Waals surface area contributed by atoms with E-state index in [0.717, 1.165) is 34.3 Å². The van der Waals surface area contributed by atoms with Crippen LogP contribution in [0, 0.1) is 11.6 Å². The molecule has 130 valence electrons. The van der Waals surface area contributed by atoms with Crippen molar-refractivity contribution in [2.75, 3.05) is 0 Å². The van der Waals surface area contributed by atoms with Crippen LogP contribution in [-0.2, 0) is 6.54 Å². The van der Waals surface area contributed by atoms with Crippen LogP contribution >= 0.6 is 11.5 Å². The van der Waals surface area contributed by atoms with Gasteiger partial charge in [-0.05, 0) is 41.4 Å². The van der Waals surface area contributed by atoms with Crippen LogP contribution in [-0.4, -0.2) is 18.9 Å². The fraction of sp³-hybridized carbons (Fsp3) is 0.0588. The van der Waals surface area contributed by atoms with E-state index >= 15 is 0 Å². The van der Waals surface area contributed by atoms with Crippen molar-refractivity contribution in [1.29, 1.82) is 0 Å². The molecule has 1 N–H and O–H groups in total. The number of halogens is 2. The third kappa shape index (κ3) is 2.82. The van der Waals surface area contributed by atoms with E-state index in [-0.39, 0.29) is 16.8 Å². The Morgan fingerprint density at radius 1 is 1.12 bits per heavy atom. The van der Waals surface area contributed by atoms with Gasteiger partial charge in [-0.2, -0.15) is 4.37 Å². The first-order valence-corrected chi connectivity index (χ1v) is 8.29. The van der Waals surface area contributed by atoms with Crippen LogP contribution in [0.25, 0.3) is 21.6 Å². The first-order valence-electron chi connectivity index (χ1n) is 7.52. The molecule has 3 aromatic heterocycles. The highest BCUT2D eigenvalue weighted by atomic mass is 32.1. The molecule has 1 aromatic carbocycles. The van der Waals surface area contributed by atoms with Crippen LogP contribution in [0.3, 0.4) is 0 Å². The summed E-state index contributed by atoms with van der Waals surface area (Å²) in [5.41, 5.74) is 0.134. The average molecular weight is 372 g/mol. The smallest absolute Gasteiger partial charge is 0.304 e. The Morgan fingerprint density at radius 2 is 1.88 bits per heavy atom. The molecular weight excluding hydrogens is 362 g/mol. The molecular formula is C17H10F2N4O2S. The van der Waals surface area contributed by atoms with Crippen LogP contribution in [0.2, 0.25) is 0 Å². The zero-order chi connectivity index (χ0) is 18.3. The van der Waals surface area contributed by atoms with Crippen molar-refractivity contribution in [3.05, 3.63) is 80.6 Å². The number of hydrogen-bond donors (Lipinski definition) is 1. The van der Waals surface area contributed by atoms with E-state index in [1.807, 2.05) is 0 Å². The average Bonchev–Trinajstić information content (AvgIpc) is 3.02. The van der Waals surface area contributed by atoms with Gasteiger partial charge in [-0.25, -0.2) is 13.6 Å². The Bertz CT molecular complexity index is 1210. The summed E-state index contributed by atoms with van der Waals surface area (Å²) in [6.45, 7) is -0.254. The van der Waals surface area contributed by atoms with Crippen molar-refractivity contribution in [3.63, 3.8) is 0 Å². The molecule has 0 saturated carbocycles. The molecule has 6 nitrogen and oxygen atoms in total. The standard InChI is InChI=1S/C17H10F2N4O2S/c18-10-5-9(6-11(19)7-10)8-23-16(24)15-14(21-17(23)25)13(22-26-15)12-3-1-2-4-20-12/h1-7H,8H2,(H,21,25). The highest BCUT2D eigenvalue weighted by Gasteiger charge is 2.17. The van der Waals surface area contributed by atoms with Crippen molar-refractivity contribution < 1.29 is 8.78 Å². The Kier molecular flexibility index (Phi) is 3.92. The summed E-state index contributed by atoms with van der Waals surface area (Å²) in [6.07, 6.45) is 1.58. The van der Waals surface area contributed by atoms with E-state index in [4.69, 9.17) is 0 Å². The quantitative estimate of drug-likeness (QED) is 0.599. The number of H-pyrrole nitrogens is 1. The Labute approximate surface area is 148 Å². The SMILES string of the molecule is O=c1[nH]c2c(-c3ccccn3)nsc2c(=O)n1Cc1cc(F)cc(F)c1. The molecule has 0 saturated heterocycles. The van der Waals surface area contributed by atoms with Crippen LogP contribution in [0.5, 0.6) is 0 Å². The predicted octanol–water partition coefficient (Wildman–Crippen LogP) is 2.53. The maximum absolute atomic E-state index is 13.3. The van der Waals surface area contributed by atoms with Crippen LogP contribution in [0.4, 0.5) is 8.78 Å². The first kappa shape index (κ1) is 16.3. The molecule has 0 aliphatic rings. The normalized spacial score (nSPS) is 11.2. The van der Waals surface area contributed by atoms with Crippen molar-refractivity contribution in [3.8, 4) is 11.4 Å². The van der Waals surface area contributed by atoms with Gasteiger partial charge in [-0.15, -0.1) is 0 Å². The van der Waals surface area contributed by atoms with E-state index < -0.39 is 22.9 Å². The molecule has 0 aliphatic heterocycles. The summed E-state index contributed by atoms with van der Waals surface area (Å²) < 4.78 is 32.0. The molecule has 26 heavy (non-hydrogen) atoms. The van der Waals surface area contributed by atoms with E-state index in [2.05, 4.69) is 14.3 Å². The molecule has 0 radical (unpaired) electrons. The molecule has 0 fully saturated rings. The highest BCUT2D eigenvalue weighted by Crippen LogP contribution is 2.24. The molecule has 0 atom stereocenters. The predicted molar refractivity (Wildman–Crippen MR) is 93.2 cm³/mol. The lowest BCUT2D eigenvalue weighted by molar-refractivity contribution is 0.575. The Hall–Kier alpha value is -3.20. The van der Waals surface area contributed by atoms with Gasteiger partial charge in [-0.1, -0.05) is 6.07 Å². The molecule has 0 bridgehead atoms. The number of rotatable bonds is 3. The number of nitrogens with one attached hydrogen (secondary N) is 1. The van der Waals surface area contributed by atoms with Crippen molar-refractivity contribution in [2.24, 2.45) is 0 Å². The molecule has 4 rings (SSSR count). The van der Waals surface area contributed by atoms with Gasteiger partial charge in [-0.3, -0.25) is 14.3 Å². The molecule has 3 heterocycles. The minimum Gasteiger partial charge on any atom is -0.304 e.